The maximum absolute atomic E-state index is 13.5. The highest BCUT2D eigenvalue weighted by Crippen LogP contribution is 2.58. The summed E-state index contributed by atoms with van der Waals surface area (Å²) in [4.78, 5) is 12.7. The Morgan fingerprint density at radius 3 is 2.93 bits per heavy atom. The second-order valence-electron chi connectivity index (χ2n) is 3.85. The van der Waals surface area contributed by atoms with Crippen molar-refractivity contribution in [2.75, 3.05) is 6.26 Å². The molecule has 2 unspecified atom stereocenters. The van der Waals surface area contributed by atoms with Crippen LogP contribution in [0.15, 0.2) is 17.0 Å². The van der Waals surface area contributed by atoms with Gasteiger partial charge in [0.1, 0.15) is 5.82 Å². The summed E-state index contributed by atoms with van der Waals surface area (Å²) in [6.45, 7) is 0. The molecule has 0 aromatic heterocycles. The smallest absolute Gasteiger partial charge is 0.168 e. The van der Waals surface area contributed by atoms with Crippen molar-refractivity contribution < 1.29 is 9.18 Å². The highest BCUT2D eigenvalue weighted by Gasteiger charge is 2.53. The Hall–Kier alpha value is -0.830. The summed E-state index contributed by atoms with van der Waals surface area (Å²) in [5, 5.41) is 0. The Bertz CT molecular complexity index is 441. The lowest BCUT2D eigenvalue weighted by molar-refractivity contribution is 0.0971. The highest BCUT2D eigenvalue weighted by atomic mass is 32.2. The highest BCUT2D eigenvalue weighted by molar-refractivity contribution is 7.98. The van der Waals surface area contributed by atoms with Gasteiger partial charge in [-0.2, -0.15) is 0 Å². The van der Waals surface area contributed by atoms with Crippen LogP contribution in [-0.4, -0.2) is 12.0 Å². The van der Waals surface area contributed by atoms with Crippen molar-refractivity contribution in [2.45, 2.75) is 17.2 Å². The fourth-order valence-corrected chi connectivity index (χ4v) is 2.97. The van der Waals surface area contributed by atoms with E-state index in [1.54, 1.807) is 6.07 Å². The molecular formula is C11H9FOS. The third kappa shape index (κ3) is 0.883. The van der Waals surface area contributed by atoms with Gasteiger partial charge in [-0.3, -0.25) is 4.79 Å². The Morgan fingerprint density at radius 1 is 1.43 bits per heavy atom. The molecule has 2 aliphatic rings. The Morgan fingerprint density at radius 2 is 2.21 bits per heavy atom. The molecule has 0 radical (unpaired) electrons. The van der Waals surface area contributed by atoms with E-state index in [2.05, 4.69) is 0 Å². The number of rotatable bonds is 1. The van der Waals surface area contributed by atoms with E-state index in [1.807, 2.05) is 6.26 Å². The van der Waals surface area contributed by atoms with E-state index >= 15 is 0 Å². The molecule has 0 spiro atoms. The quantitative estimate of drug-likeness (QED) is 0.660. The third-order valence-electron chi connectivity index (χ3n) is 3.12. The second-order valence-corrected chi connectivity index (χ2v) is 4.70. The summed E-state index contributed by atoms with van der Waals surface area (Å²) in [5.41, 5.74) is 1.35. The maximum Gasteiger partial charge on any atom is 0.168 e. The van der Waals surface area contributed by atoms with E-state index in [4.69, 9.17) is 0 Å². The summed E-state index contributed by atoms with van der Waals surface area (Å²) in [6.07, 6.45) is 2.78. The fourth-order valence-electron chi connectivity index (χ4n) is 2.35. The van der Waals surface area contributed by atoms with Crippen LogP contribution in [0.5, 0.6) is 0 Å². The molecule has 0 aliphatic heterocycles. The van der Waals surface area contributed by atoms with Gasteiger partial charge in [-0.1, -0.05) is 0 Å². The van der Waals surface area contributed by atoms with Gasteiger partial charge in [0.05, 0.1) is 0 Å². The molecular weight excluding hydrogens is 199 g/mol. The van der Waals surface area contributed by atoms with Gasteiger partial charge in [0, 0.05) is 21.9 Å². The van der Waals surface area contributed by atoms with Gasteiger partial charge in [0.15, 0.2) is 5.78 Å². The van der Waals surface area contributed by atoms with E-state index in [0.717, 1.165) is 11.3 Å². The molecule has 2 aliphatic carbocycles. The Labute approximate surface area is 85.7 Å². The van der Waals surface area contributed by atoms with Crippen molar-refractivity contribution in [3.63, 3.8) is 0 Å². The maximum atomic E-state index is 13.5. The van der Waals surface area contributed by atoms with Gasteiger partial charge in [-0.05, 0) is 30.7 Å². The lowest BCUT2D eigenvalue weighted by Crippen LogP contribution is -2.01. The van der Waals surface area contributed by atoms with Gasteiger partial charge < -0.3 is 0 Å². The van der Waals surface area contributed by atoms with Crippen LogP contribution >= 0.6 is 11.8 Å². The zero-order valence-electron chi connectivity index (χ0n) is 7.71. The lowest BCUT2D eigenvalue weighted by atomic mass is 10.0. The number of benzene rings is 1. The molecule has 2 atom stereocenters. The van der Waals surface area contributed by atoms with Gasteiger partial charge in [0.2, 0.25) is 0 Å². The van der Waals surface area contributed by atoms with Crippen LogP contribution in [0.2, 0.25) is 0 Å². The minimum atomic E-state index is -0.198. The van der Waals surface area contributed by atoms with Crippen LogP contribution in [0, 0.1) is 11.7 Å². The summed E-state index contributed by atoms with van der Waals surface area (Å²) in [7, 11) is 0. The van der Waals surface area contributed by atoms with E-state index < -0.39 is 0 Å². The van der Waals surface area contributed by atoms with Crippen molar-refractivity contribution >= 4 is 17.5 Å². The molecule has 3 rings (SSSR count). The topological polar surface area (TPSA) is 17.1 Å². The molecule has 1 fully saturated rings. The predicted octanol–water partition coefficient (Wildman–Crippen LogP) is 2.85. The average molecular weight is 208 g/mol. The van der Waals surface area contributed by atoms with Crippen molar-refractivity contribution in [1.29, 1.82) is 0 Å². The third-order valence-corrected chi connectivity index (χ3v) is 3.90. The number of thioether (sulfide) groups is 1. The minimum absolute atomic E-state index is 0.104. The molecule has 0 saturated heterocycles. The second kappa shape index (κ2) is 2.60. The van der Waals surface area contributed by atoms with Crippen LogP contribution in [0.3, 0.4) is 0 Å². The number of fused-ring (bicyclic) bond motifs is 3. The number of carbonyl (C=O) groups is 1. The van der Waals surface area contributed by atoms with E-state index in [1.165, 1.54) is 17.8 Å². The van der Waals surface area contributed by atoms with Crippen molar-refractivity contribution in [2.24, 2.45) is 5.92 Å². The average Bonchev–Trinajstić information content (AvgIpc) is 2.91. The Kier molecular flexibility index (Phi) is 1.57. The molecule has 1 aromatic rings. The molecule has 0 heterocycles. The number of hydrogen-bond acceptors (Lipinski definition) is 2. The SMILES string of the molecule is CSc1ccc(F)c2c1C(=O)C1CC21. The standard InChI is InChI=1S/C11H9FOS/c1-14-8-3-2-7(12)9-5-4-6(5)11(13)10(8)9/h2-3,5-6H,4H2,1H3. The first-order valence-electron chi connectivity index (χ1n) is 4.64. The van der Waals surface area contributed by atoms with Gasteiger partial charge in [-0.15, -0.1) is 11.8 Å². The molecule has 3 heteroatoms. The van der Waals surface area contributed by atoms with E-state index in [9.17, 15) is 9.18 Å². The van der Waals surface area contributed by atoms with Crippen molar-refractivity contribution in [3.05, 3.63) is 29.1 Å². The fraction of sp³-hybridized carbons (Fsp3) is 0.364. The molecule has 72 valence electrons. The largest absolute Gasteiger partial charge is 0.294 e. The molecule has 0 amide bonds. The molecule has 14 heavy (non-hydrogen) atoms. The molecule has 0 bridgehead atoms. The normalized spacial score (nSPS) is 27.4. The lowest BCUT2D eigenvalue weighted by Gasteiger charge is -2.07. The molecule has 1 nitrogen and oxygen atoms in total. The first kappa shape index (κ1) is 8.48. The number of hydrogen-bond donors (Lipinski definition) is 0. The van der Waals surface area contributed by atoms with Crippen molar-refractivity contribution in [1.82, 2.24) is 0 Å². The van der Waals surface area contributed by atoms with Crippen molar-refractivity contribution in [3.8, 4) is 0 Å². The zero-order chi connectivity index (χ0) is 9.87. The summed E-state index contributed by atoms with van der Waals surface area (Å²) in [6, 6.07) is 3.19. The van der Waals surface area contributed by atoms with Gasteiger partial charge in [0.25, 0.3) is 0 Å². The molecule has 1 aromatic carbocycles. The summed E-state index contributed by atoms with van der Waals surface area (Å²) >= 11 is 1.52. The van der Waals surface area contributed by atoms with Crippen LogP contribution < -0.4 is 0 Å². The Balaban J connectivity index is 2.29. The minimum Gasteiger partial charge on any atom is -0.294 e. The van der Waals surface area contributed by atoms with Gasteiger partial charge >= 0.3 is 0 Å². The molecule has 1 saturated carbocycles. The summed E-state index contributed by atoms with van der Waals surface area (Å²) < 4.78 is 13.5. The number of Topliss-reactive ketones (excluding diaryl/α,β-unsaturated/α-hetero) is 1. The van der Waals surface area contributed by atoms with Crippen LogP contribution in [0.4, 0.5) is 4.39 Å². The van der Waals surface area contributed by atoms with E-state index in [0.29, 0.717) is 11.1 Å². The summed E-state index contributed by atoms with van der Waals surface area (Å²) in [5.74, 6) is 0.266. The van der Waals surface area contributed by atoms with Crippen LogP contribution in [0.25, 0.3) is 0 Å². The zero-order valence-corrected chi connectivity index (χ0v) is 8.53. The first-order chi connectivity index (χ1) is 6.74. The van der Waals surface area contributed by atoms with Crippen LogP contribution in [-0.2, 0) is 0 Å². The first-order valence-corrected chi connectivity index (χ1v) is 5.87. The number of carbonyl (C=O) groups excluding carboxylic acids is 1. The van der Waals surface area contributed by atoms with Crippen LogP contribution in [0.1, 0.15) is 28.3 Å². The van der Waals surface area contributed by atoms with Gasteiger partial charge in [-0.25, -0.2) is 4.39 Å². The predicted molar refractivity (Wildman–Crippen MR) is 53.4 cm³/mol. The molecule has 0 N–H and O–H groups in total. The number of ketones is 1. The van der Waals surface area contributed by atoms with E-state index in [-0.39, 0.29) is 23.4 Å². The monoisotopic (exact) mass is 208 g/mol. The number of halogens is 1.